The molecule has 2 rings (SSSR count). The summed E-state index contributed by atoms with van der Waals surface area (Å²) >= 11 is 0. The first-order valence-electron chi connectivity index (χ1n) is 5.74. The third-order valence-electron chi connectivity index (χ3n) is 2.80. The minimum absolute atomic E-state index is 0.470. The number of aryl methyl sites for hydroxylation is 1. The zero-order valence-electron chi connectivity index (χ0n) is 9.48. The van der Waals surface area contributed by atoms with E-state index >= 15 is 0 Å². The second kappa shape index (κ2) is 4.70. The summed E-state index contributed by atoms with van der Waals surface area (Å²) in [5.41, 5.74) is 0. The first kappa shape index (κ1) is 10.5. The van der Waals surface area contributed by atoms with Crippen molar-refractivity contribution < 1.29 is 0 Å². The Balaban J connectivity index is 1.91. The molecule has 2 heterocycles. The molecular formula is C10H19N5. The summed E-state index contributed by atoms with van der Waals surface area (Å²) in [6, 6.07) is 0. The summed E-state index contributed by atoms with van der Waals surface area (Å²) in [4.78, 5) is 1.73. The van der Waals surface area contributed by atoms with Crippen LogP contribution in [0.3, 0.4) is 0 Å². The van der Waals surface area contributed by atoms with Crippen LogP contribution in [0.2, 0.25) is 0 Å². The highest BCUT2D eigenvalue weighted by Crippen LogP contribution is 2.17. The molecule has 1 unspecified atom stereocenters. The molecule has 0 saturated carbocycles. The van der Waals surface area contributed by atoms with Gasteiger partial charge in [-0.2, -0.15) is 4.80 Å². The van der Waals surface area contributed by atoms with Gasteiger partial charge in [0.05, 0.1) is 6.54 Å². The van der Waals surface area contributed by atoms with Gasteiger partial charge >= 0.3 is 0 Å². The molecule has 0 radical (unpaired) electrons. The summed E-state index contributed by atoms with van der Waals surface area (Å²) in [7, 11) is 0. The van der Waals surface area contributed by atoms with E-state index in [9.17, 15) is 0 Å². The molecule has 1 aromatic heterocycles. The van der Waals surface area contributed by atoms with E-state index in [0.717, 1.165) is 38.3 Å². The summed E-state index contributed by atoms with van der Waals surface area (Å²) in [6.07, 6.45) is 2.24. The van der Waals surface area contributed by atoms with Crippen LogP contribution < -0.4 is 5.32 Å². The topological polar surface area (TPSA) is 55.6 Å². The summed E-state index contributed by atoms with van der Waals surface area (Å²) < 4.78 is 0. The van der Waals surface area contributed by atoms with Crippen molar-refractivity contribution in [2.45, 2.75) is 39.2 Å². The quantitative estimate of drug-likeness (QED) is 0.796. The highest BCUT2D eigenvalue weighted by atomic mass is 15.6. The third-order valence-corrected chi connectivity index (χ3v) is 2.80. The van der Waals surface area contributed by atoms with Gasteiger partial charge in [-0.25, -0.2) is 0 Å². The van der Waals surface area contributed by atoms with Crippen molar-refractivity contribution in [2.24, 2.45) is 5.92 Å². The van der Waals surface area contributed by atoms with Gasteiger partial charge in [-0.15, -0.1) is 10.2 Å². The molecule has 1 aliphatic rings. The predicted octanol–water partition coefficient (Wildman–Crippen LogP) is 0.796. The maximum Gasteiger partial charge on any atom is 0.179 e. The van der Waals surface area contributed by atoms with Gasteiger partial charge in [0.2, 0.25) is 0 Å². The Morgan fingerprint density at radius 1 is 1.53 bits per heavy atom. The van der Waals surface area contributed by atoms with E-state index in [-0.39, 0.29) is 0 Å². The van der Waals surface area contributed by atoms with Crippen LogP contribution >= 0.6 is 0 Å². The van der Waals surface area contributed by atoms with E-state index in [4.69, 9.17) is 0 Å². The normalized spacial score (nSPS) is 21.4. The average Bonchev–Trinajstić information content (AvgIpc) is 2.85. The Hall–Kier alpha value is -0.970. The van der Waals surface area contributed by atoms with Gasteiger partial charge in [-0.3, -0.25) is 0 Å². The first-order chi connectivity index (χ1) is 7.25. The molecule has 1 aliphatic heterocycles. The SMILES string of the molecule is CC(C)CCn1nnc(C2CCNC2)n1. The van der Waals surface area contributed by atoms with Crippen LogP contribution in [0, 0.1) is 5.92 Å². The lowest BCUT2D eigenvalue weighted by atomic mass is 10.1. The fourth-order valence-electron chi connectivity index (χ4n) is 1.76. The summed E-state index contributed by atoms with van der Waals surface area (Å²) in [6.45, 7) is 7.36. The minimum Gasteiger partial charge on any atom is -0.316 e. The monoisotopic (exact) mass is 209 g/mol. The maximum absolute atomic E-state index is 4.42. The fraction of sp³-hybridized carbons (Fsp3) is 0.900. The van der Waals surface area contributed by atoms with E-state index < -0.39 is 0 Å². The van der Waals surface area contributed by atoms with Crippen LogP contribution in [0.15, 0.2) is 0 Å². The first-order valence-corrected chi connectivity index (χ1v) is 5.74. The molecular weight excluding hydrogens is 190 g/mol. The van der Waals surface area contributed by atoms with Gasteiger partial charge in [-0.05, 0) is 30.5 Å². The van der Waals surface area contributed by atoms with E-state index in [1.165, 1.54) is 0 Å². The van der Waals surface area contributed by atoms with Crippen molar-refractivity contribution in [3.63, 3.8) is 0 Å². The van der Waals surface area contributed by atoms with Crippen molar-refractivity contribution in [1.29, 1.82) is 0 Å². The molecule has 1 aromatic rings. The number of nitrogens with zero attached hydrogens (tertiary/aromatic N) is 4. The molecule has 0 aromatic carbocycles. The van der Waals surface area contributed by atoms with Crippen LogP contribution in [-0.2, 0) is 6.54 Å². The Morgan fingerprint density at radius 2 is 2.40 bits per heavy atom. The Labute approximate surface area is 90.2 Å². The van der Waals surface area contributed by atoms with Gasteiger partial charge in [0.25, 0.3) is 0 Å². The number of aromatic nitrogens is 4. The van der Waals surface area contributed by atoms with Gasteiger partial charge < -0.3 is 5.32 Å². The molecule has 1 saturated heterocycles. The second-order valence-corrected chi connectivity index (χ2v) is 4.62. The van der Waals surface area contributed by atoms with Crippen molar-refractivity contribution in [3.8, 4) is 0 Å². The van der Waals surface area contributed by atoms with Crippen LogP contribution in [0.5, 0.6) is 0 Å². The van der Waals surface area contributed by atoms with E-state index in [0.29, 0.717) is 11.8 Å². The molecule has 1 fully saturated rings. The molecule has 0 bridgehead atoms. The number of nitrogens with one attached hydrogen (secondary N) is 1. The second-order valence-electron chi connectivity index (χ2n) is 4.62. The van der Waals surface area contributed by atoms with E-state index in [2.05, 4.69) is 34.6 Å². The van der Waals surface area contributed by atoms with Crippen LogP contribution in [0.25, 0.3) is 0 Å². The van der Waals surface area contributed by atoms with Crippen LogP contribution in [-0.4, -0.2) is 33.3 Å². The number of hydrogen-bond donors (Lipinski definition) is 1. The maximum atomic E-state index is 4.42. The molecule has 0 aliphatic carbocycles. The van der Waals surface area contributed by atoms with E-state index in [1.54, 1.807) is 4.80 Å². The number of rotatable bonds is 4. The Bertz CT molecular complexity index is 301. The van der Waals surface area contributed by atoms with Crippen molar-refractivity contribution >= 4 is 0 Å². The van der Waals surface area contributed by atoms with Crippen LogP contribution in [0.1, 0.15) is 38.4 Å². The molecule has 15 heavy (non-hydrogen) atoms. The lowest BCUT2D eigenvalue weighted by Crippen LogP contribution is -2.09. The molecule has 5 nitrogen and oxygen atoms in total. The molecule has 1 atom stereocenters. The lowest BCUT2D eigenvalue weighted by Gasteiger charge is -2.02. The zero-order chi connectivity index (χ0) is 10.7. The third kappa shape index (κ3) is 2.75. The van der Waals surface area contributed by atoms with E-state index in [1.807, 2.05) is 0 Å². The predicted molar refractivity (Wildman–Crippen MR) is 57.5 cm³/mol. The number of tetrazole rings is 1. The standard InChI is InChI=1S/C10H19N5/c1-8(2)4-6-15-13-10(12-14-15)9-3-5-11-7-9/h8-9,11H,3-7H2,1-2H3. The van der Waals surface area contributed by atoms with Crippen molar-refractivity contribution in [3.05, 3.63) is 5.82 Å². The van der Waals surface area contributed by atoms with Gasteiger partial charge in [0.1, 0.15) is 0 Å². The fourth-order valence-corrected chi connectivity index (χ4v) is 1.76. The smallest absolute Gasteiger partial charge is 0.179 e. The van der Waals surface area contributed by atoms with Crippen LogP contribution in [0.4, 0.5) is 0 Å². The van der Waals surface area contributed by atoms with Crippen molar-refractivity contribution in [2.75, 3.05) is 13.1 Å². The minimum atomic E-state index is 0.470. The molecule has 0 spiro atoms. The molecule has 84 valence electrons. The Kier molecular flexibility index (Phi) is 3.30. The van der Waals surface area contributed by atoms with Crippen molar-refractivity contribution in [1.82, 2.24) is 25.5 Å². The highest BCUT2D eigenvalue weighted by molar-refractivity contribution is 4.96. The molecule has 5 heteroatoms. The summed E-state index contributed by atoms with van der Waals surface area (Å²) in [5.74, 6) is 2.06. The van der Waals surface area contributed by atoms with Gasteiger partial charge in [-0.1, -0.05) is 13.8 Å². The Morgan fingerprint density at radius 3 is 3.07 bits per heavy atom. The number of hydrogen-bond acceptors (Lipinski definition) is 4. The van der Waals surface area contributed by atoms with Gasteiger partial charge in [0, 0.05) is 12.5 Å². The average molecular weight is 209 g/mol. The van der Waals surface area contributed by atoms with Gasteiger partial charge in [0.15, 0.2) is 5.82 Å². The largest absolute Gasteiger partial charge is 0.316 e. The lowest BCUT2D eigenvalue weighted by molar-refractivity contribution is 0.440. The zero-order valence-corrected chi connectivity index (χ0v) is 9.48. The summed E-state index contributed by atoms with van der Waals surface area (Å²) in [5, 5.41) is 15.9. The molecule has 0 amide bonds. The molecule has 1 N–H and O–H groups in total. The highest BCUT2D eigenvalue weighted by Gasteiger charge is 2.21.